The van der Waals surface area contributed by atoms with E-state index >= 15 is 0 Å². The Bertz CT molecular complexity index is 908. The van der Waals surface area contributed by atoms with E-state index in [1.54, 1.807) is 12.5 Å². The SMILES string of the molecule is O=C(NCc1ccccn1)C1CCN(c2cc(-c3ccccc3)ncn2)CC1. The highest BCUT2D eigenvalue weighted by molar-refractivity contribution is 5.79. The summed E-state index contributed by atoms with van der Waals surface area (Å²) in [4.78, 5) is 27.8. The average Bonchev–Trinajstić information content (AvgIpc) is 2.79. The number of benzene rings is 1. The fourth-order valence-electron chi connectivity index (χ4n) is 3.48. The Morgan fingerprint density at radius 3 is 2.54 bits per heavy atom. The molecular weight excluding hydrogens is 350 g/mol. The zero-order valence-corrected chi connectivity index (χ0v) is 15.7. The second-order valence-corrected chi connectivity index (χ2v) is 6.93. The highest BCUT2D eigenvalue weighted by atomic mass is 16.1. The molecule has 0 unspecified atom stereocenters. The molecule has 0 spiro atoms. The first-order chi connectivity index (χ1) is 13.8. The van der Waals surface area contributed by atoms with Crippen molar-refractivity contribution in [3.05, 3.63) is 72.8 Å². The monoisotopic (exact) mass is 373 g/mol. The second kappa shape index (κ2) is 8.61. The molecule has 142 valence electrons. The first kappa shape index (κ1) is 18.1. The second-order valence-electron chi connectivity index (χ2n) is 6.93. The molecule has 28 heavy (non-hydrogen) atoms. The molecule has 6 heteroatoms. The van der Waals surface area contributed by atoms with E-state index in [1.807, 2.05) is 54.6 Å². The number of nitrogens with zero attached hydrogens (tertiary/aromatic N) is 4. The molecule has 1 aliphatic rings. The quantitative estimate of drug-likeness (QED) is 0.744. The Morgan fingerprint density at radius 2 is 1.79 bits per heavy atom. The van der Waals surface area contributed by atoms with Crippen molar-refractivity contribution in [1.29, 1.82) is 0 Å². The summed E-state index contributed by atoms with van der Waals surface area (Å²) in [5.74, 6) is 1.06. The van der Waals surface area contributed by atoms with Crippen LogP contribution in [0, 0.1) is 5.92 Å². The minimum Gasteiger partial charge on any atom is -0.356 e. The van der Waals surface area contributed by atoms with Gasteiger partial charge in [0.1, 0.15) is 12.1 Å². The topological polar surface area (TPSA) is 71.0 Å². The van der Waals surface area contributed by atoms with Crippen molar-refractivity contribution in [2.75, 3.05) is 18.0 Å². The van der Waals surface area contributed by atoms with Gasteiger partial charge in [-0.3, -0.25) is 9.78 Å². The third-order valence-corrected chi connectivity index (χ3v) is 5.08. The molecule has 2 aromatic heterocycles. The van der Waals surface area contributed by atoms with Gasteiger partial charge in [-0.2, -0.15) is 0 Å². The molecule has 1 aliphatic heterocycles. The first-order valence-corrected chi connectivity index (χ1v) is 9.59. The lowest BCUT2D eigenvalue weighted by atomic mass is 9.96. The summed E-state index contributed by atoms with van der Waals surface area (Å²) in [5, 5.41) is 3.01. The summed E-state index contributed by atoms with van der Waals surface area (Å²) in [6, 6.07) is 17.8. The van der Waals surface area contributed by atoms with E-state index in [4.69, 9.17) is 0 Å². The summed E-state index contributed by atoms with van der Waals surface area (Å²) in [5.41, 5.74) is 2.87. The maximum atomic E-state index is 12.5. The van der Waals surface area contributed by atoms with Gasteiger partial charge in [0.15, 0.2) is 0 Å². The van der Waals surface area contributed by atoms with E-state index in [0.29, 0.717) is 6.54 Å². The lowest BCUT2D eigenvalue weighted by Crippen LogP contribution is -2.40. The Hall–Kier alpha value is -3.28. The molecule has 0 bridgehead atoms. The van der Waals surface area contributed by atoms with E-state index in [-0.39, 0.29) is 11.8 Å². The van der Waals surface area contributed by atoms with Crippen molar-refractivity contribution >= 4 is 11.7 Å². The van der Waals surface area contributed by atoms with Crippen LogP contribution < -0.4 is 10.2 Å². The Morgan fingerprint density at radius 1 is 1.00 bits per heavy atom. The average molecular weight is 373 g/mol. The minimum atomic E-state index is 0.0374. The van der Waals surface area contributed by atoms with Gasteiger partial charge in [0, 0.05) is 36.8 Å². The van der Waals surface area contributed by atoms with Gasteiger partial charge in [0.2, 0.25) is 5.91 Å². The van der Waals surface area contributed by atoms with Gasteiger partial charge in [0.05, 0.1) is 17.9 Å². The first-order valence-electron chi connectivity index (χ1n) is 9.59. The van der Waals surface area contributed by atoms with Crippen LogP contribution in [0.3, 0.4) is 0 Å². The fourth-order valence-corrected chi connectivity index (χ4v) is 3.48. The number of hydrogen-bond acceptors (Lipinski definition) is 5. The largest absolute Gasteiger partial charge is 0.356 e. The van der Waals surface area contributed by atoms with Crippen molar-refractivity contribution < 1.29 is 4.79 Å². The Labute approximate surface area is 164 Å². The number of pyridine rings is 1. The van der Waals surface area contributed by atoms with Crippen LogP contribution >= 0.6 is 0 Å². The van der Waals surface area contributed by atoms with E-state index in [2.05, 4.69) is 25.2 Å². The number of piperidine rings is 1. The molecule has 6 nitrogen and oxygen atoms in total. The van der Waals surface area contributed by atoms with Crippen LogP contribution in [0.2, 0.25) is 0 Å². The summed E-state index contributed by atoms with van der Waals surface area (Å²) in [7, 11) is 0. The smallest absolute Gasteiger partial charge is 0.223 e. The van der Waals surface area contributed by atoms with Crippen LogP contribution in [0.5, 0.6) is 0 Å². The van der Waals surface area contributed by atoms with Gasteiger partial charge in [-0.1, -0.05) is 36.4 Å². The molecule has 0 saturated carbocycles. The summed E-state index contributed by atoms with van der Waals surface area (Å²) < 4.78 is 0. The minimum absolute atomic E-state index is 0.0374. The molecule has 1 N–H and O–H groups in total. The molecule has 3 aromatic rings. The number of amides is 1. The van der Waals surface area contributed by atoms with Crippen molar-refractivity contribution in [3.8, 4) is 11.3 Å². The third-order valence-electron chi connectivity index (χ3n) is 5.08. The van der Waals surface area contributed by atoms with Gasteiger partial charge in [0.25, 0.3) is 0 Å². The molecule has 0 radical (unpaired) electrons. The summed E-state index contributed by atoms with van der Waals surface area (Å²) in [6.45, 7) is 2.10. The Kier molecular flexibility index (Phi) is 5.56. The highest BCUT2D eigenvalue weighted by Gasteiger charge is 2.25. The maximum Gasteiger partial charge on any atom is 0.223 e. The lowest BCUT2D eigenvalue weighted by molar-refractivity contribution is -0.125. The molecule has 1 aromatic carbocycles. The number of aromatic nitrogens is 3. The van der Waals surface area contributed by atoms with E-state index in [0.717, 1.165) is 48.7 Å². The summed E-state index contributed by atoms with van der Waals surface area (Å²) in [6.07, 6.45) is 4.99. The van der Waals surface area contributed by atoms with E-state index in [1.165, 1.54) is 0 Å². The molecule has 0 aliphatic carbocycles. The zero-order chi connectivity index (χ0) is 19.2. The van der Waals surface area contributed by atoms with Crippen LogP contribution in [0.25, 0.3) is 11.3 Å². The maximum absolute atomic E-state index is 12.5. The molecule has 3 heterocycles. The van der Waals surface area contributed by atoms with Gasteiger partial charge in [-0.05, 0) is 25.0 Å². The summed E-state index contributed by atoms with van der Waals surface area (Å²) >= 11 is 0. The predicted octanol–water partition coefficient (Wildman–Crippen LogP) is 3.07. The molecule has 1 saturated heterocycles. The number of hydrogen-bond donors (Lipinski definition) is 1. The predicted molar refractivity (Wildman–Crippen MR) is 108 cm³/mol. The number of carbonyl (C=O) groups is 1. The van der Waals surface area contributed by atoms with Crippen LogP contribution in [0.4, 0.5) is 5.82 Å². The fraction of sp³-hybridized carbons (Fsp3) is 0.273. The molecule has 4 rings (SSSR count). The molecular formula is C22H23N5O. The number of rotatable bonds is 5. The lowest BCUT2D eigenvalue weighted by Gasteiger charge is -2.32. The van der Waals surface area contributed by atoms with Gasteiger partial charge in [-0.25, -0.2) is 9.97 Å². The normalized spacial score (nSPS) is 14.6. The van der Waals surface area contributed by atoms with Crippen molar-refractivity contribution in [3.63, 3.8) is 0 Å². The highest BCUT2D eigenvalue weighted by Crippen LogP contribution is 2.25. The van der Waals surface area contributed by atoms with Gasteiger partial charge in [-0.15, -0.1) is 0 Å². The van der Waals surface area contributed by atoms with Crippen molar-refractivity contribution in [2.45, 2.75) is 19.4 Å². The molecule has 1 amide bonds. The van der Waals surface area contributed by atoms with Crippen LogP contribution in [-0.4, -0.2) is 33.9 Å². The van der Waals surface area contributed by atoms with Crippen LogP contribution in [-0.2, 0) is 11.3 Å². The van der Waals surface area contributed by atoms with Gasteiger partial charge >= 0.3 is 0 Å². The number of carbonyl (C=O) groups excluding carboxylic acids is 1. The van der Waals surface area contributed by atoms with Crippen LogP contribution in [0.1, 0.15) is 18.5 Å². The van der Waals surface area contributed by atoms with Crippen molar-refractivity contribution in [1.82, 2.24) is 20.3 Å². The van der Waals surface area contributed by atoms with E-state index < -0.39 is 0 Å². The molecule has 1 fully saturated rings. The Balaban J connectivity index is 1.33. The van der Waals surface area contributed by atoms with Gasteiger partial charge < -0.3 is 10.2 Å². The van der Waals surface area contributed by atoms with Crippen molar-refractivity contribution in [2.24, 2.45) is 5.92 Å². The van der Waals surface area contributed by atoms with Crippen LogP contribution in [0.15, 0.2) is 67.1 Å². The molecule has 0 atom stereocenters. The number of anilines is 1. The standard InChI is InChI=1S/C22H23N5O/c28-22(24-15-19-8-4-5-11-23-19)18-9-12-27(13-10-18)21-14-20(25-16-26-21)17-6-2-1-3-7-17/h1-8,11,14,16,18H,9-10,12-13,15H2,(H,24,28). The third kappa shape index (κ3) is 4.34. The number of nitrogens with one attached hydrogen (secondary N) is 1. The zero-order valence-electron chi connectivity index (χ0n) is 15.7. The van der Waals surface area contributed by atoms with E-state index in [9.17, 15) is 4.79 Å².